The minimum Gasteiger partial charge on any atom is -0.497 e. The van der Waals surface area contributed by atoms with E-state index < -0.39 is 11.8 Å². The largest absolute Gasteiger partial charge is 0.497 e. The molecular weight excluding hydrogens is 352 g/mol. The van der Waals surface area contributed by atoms with Crippen molar-refractivity contribution in [3.8, 4) is 11.5 Å². The van der Waals surface area contributed by atoms with Crippen LogP contribution in [-0.4, -0.2) is 31.1 Å². The number of nitrogens with one attached hydrogen (secondary N) is 1. The number of carbonyl (C=O) groups is 2. The first-order chi connectivity index (χ1) is 12.5. The molecule has 1 fully saturated rings. The highest BCUT2D eigenvalue weighted by molar-refractivity contribution is 7.80. The smallest absolute Gasteiger partial charge is 0.270 e. The van der Waals surface area contributed by atoms with Crippen molar-refractivity contribution in [1.29, 1.82) is 0 Å². The molecule has 2 aromatic rings. The lowest BCUT2D eigenvalue weighted by Gasteiger charge is -2.29. The second-order valence-electron chi connectivity index (χ2n) is 5.40. The molecule has 0 spiro atoms. The molecule has 0 aliphatic carbocycles. The van der Waals surface area contributed by atoms with Gasteiger partial charge in [-0.1, -0.05) is 24.3 Å². The molecule has 1 N–H and O–H groups in total. The summed E-state index contributed by atoms with van der Waals surface area (Å²) in [6.07, 6.45) is 1.52. The van der Waals surface area contributed by atoms with E-state index in [1.165, 1.54) is 18.1 Å². The summed E-state index contributed by atoms with van der Waals surface area (Å²) in [5.41, 5.74) is 1.14. The number of amides is 2. The van der Waals surface area contributed by atoms with E-state index in [-0.39, 0.29) is 10.7 Å². The fourth-order valence-corrected chi connectivity index (χ4v) is 2.83. The Labute approximate surface area is 156 Å². The molecule has 1 heterocycles. The summed E-state index contributed by atoms with van der Waals surface area (Å²) in [7, 11) is 3.07. The highest BCUT2D eigenvalue weighted by Crippen LogP contribution is 2.30. The van der Waals surface area contributed by atoms with Gasteiger partial charge in [0.25, 0.3) is 11.8 Å². The molecule has 0 bridgehead atoms. The quantitative estimate of drug-likeness (QED) is 0.510. The lowest BCUT2D eigenvalue weighted by atomic mass is 10.1. The SMILES string of the molecule is COc1ccc(/C=C2\C(=O)NC(=S)N(c3ccccc3OC)C2=O)cc1. The molecule has 3 rings (SSSR count). The molecule has 6 nitrogen and oxygen atoms in total. The van der Waals surface area contributed by atoms with E-state index in [4.69, 9.17) is 21.7 Å². The number of benzene rings is 2. The zero-order chi connectivity index (χ0) is 18.7. The first-order valence-corrected chi connectivity index (χ1v) is 8.14. The number of thiocarbonyl (C=S) groups is 1. The summed E-state index contributed by atoms with van der Waals surface area (Å²) in [5.74, 6) is 0.104. The Balaban J connectivity index is 2.01. The molecule has 0 saturated carbocycles. The number of para-hydroxylation sites is 2. The Morgan fingerprint density at radius 1 is 1.00 bits per heavy atom. The van der Waals surface area contributed by atoms with Gasteiger partial charge >= 0.3 is 0 Å². The summed E-state index contributed by atoms with van der Waals surface area (Å²) in [6.45, 7) is 0. The van der Waals surface area contributed by atoms with Crippen molar-refractivity contribution in [2.24, 2.45) is 0 Å². The van der Waals surface area contributed by atoms with Crippen molar-refractivity contribution in [1.82, 2.24) is 5.32 Å². The predicted octanol–water partition coefficient (Wildman–Crippen LogP) is 2.54. The second kappa shape index (κ2) is 7.37. The van der Waals surface area contributed by atoms with Crippen LogP contribution in [0.25, 0.3) is 6.08 Å². The molecule has 0 aromatic heterocycles. The zero-order valence-corrected chi connectivity index (χ0v) is 15.0. The van der Waals surface area contributed by atoms with Crippen molar-refractivity contribution in [2.45, 2.75) is 0 Å². The van der Waals surface area contributed by atoms with Crippen LogP contribution in [-0.2, 0) is 9.59 Å². The second-order valence-corrected chi connectivity index (χ2v) is 5.79. The number of hydrogen-bond acceptors (Lipinski definition) is 5. The fraction of sp³-hybridized carbons (Fsp3) is 0.105. The molecule has 2 amide bonds. The molecule has 1 saturated heterocycles. The molecule has 0 unspecified atom stereocenters. The third-order valence-corrected chi connectivity index (χ3v) is 4.14. The van der Waals surface area contributed by atoms with Crippen LogP contribution in [0.15, 0.2) is 54.1 Å². The van der Waals surface area contributed by atoms with Crippen LogP contribution in [0.1, 0.15) is 5.56 Å². The molecule has 26 heavy (non-hydrogen) atoms. The van der Waals surface area contributed by atoms with Crippen LogP contribution < -0.4 is 19.7 Å². The lowest BCUT2D eigenvalue weighted by Crippen LogP contribution is -2.54. The Kier molecular flexibility index (Phi) is 4.99. The summed E-state index contributed by atoms with van der Waals surface area (Å²) in [5, 5.41) is 2.56. The first-order valence-electron chi connectivity index (χ1n) is 7.73. The Morgan fingerprint density at radius 3 is 2.35 bits per heavy atom. The summed E-state index contributed by atoms with van der Waals surface area (Å²) in [4.78, 5) is 26.5. The minimum atomic E-state index is -0.540. The van der Waals surface area contributed by atoms with Crippen LogP contribution in [0.2, 0.25) is 0 Å². The van der Waals surface area contributed by atoms with E-state index >= 15 is 0 Å². The summed E-state index contributed by atoms with van der Waals surface area (Å²) < 4.78 is 10.4. The van der Waals surface area contributed by atoms with Gasteiger partial charge in [0.15, 0.2) is 5.11 Å². The Morgan fingerprint density at radius 2 is 1.69 bits per heavy atom. The van der Waals surface area contributed by atoms with Gasteiger partial charge in [-0.25, -0.2) is 4.90 Å². The maximum absolute atomic E-state index is 13.0. The van der Waals surface area contributed by atoms with Gasteiger partial charge in [0.2, 0.25) is 0 Å². The fourth-order valence-electron chi connectivity index (χ4n) is 2.56. The van der Waals surface area contributed by atoms with E-state index in [0.717, 1.165) is 0 Å². The van der Waals surface area contributed by atoms with Crippen LogP contribution in [0.4, 0.5) is 5.69 Å². The van der Waals surface area contributed by atoms with Gasteiger partial charge in [-0.05, 0) is 48.1 Å². The van der Waals surface area contributed by atoms with E-state index in [1.54, 1.807) is 55.6 Å². The molecular formula is C19H16N2O4S. The number of ether oxygens (including phenoxy) is 2. The minimum absolute atomic E-state index is 0.0105. The number of nitrogens with zero attached hydrogens (tertiary/aromatic N) is 1. The van der Waals surface area contributed by atoms with Crippen molar-refractivity contribution in [3.05, 3.63) is 59.7 Å². The normalized spacial score (nSPS) is 15.8. The number of methoxy groups -OCH3 is 2. The van der Waals surface area contributed by atoms with E-state index in [9.17, 15) is 9.59 Å². The van der Waals surface area contributed by atoms with Gasteiger partial charge in [0, 0.05) is 0 Å². The van der Waals surface area contributed by atoms with Crippen molar-refractivity contribution in [2.75, 3.05) is 19.1 Å². The number of anilines is 1. The third-order valence-electron chi connectivity index (χ3n) is 3.85. The molecule has 2 aromatic carbocycles. The Hall–Kier alpha value is -3.19. The number of rotatable bonds is 4. The first kappa shape index (κ1) is 17.6. The van der Waals surface area contributed by atoms with Crippen LogP contribution in [0, 0.1) is 0 Å². The van der Waals surface area contributed by atoms with E-state index in [1.807, 2.05) is 0 Å². The molecule has 0 atom stereocenters. The van der Waals surface area contributed by atoms with E-state index in [2.05, 4.69) is 5.32 Å². The van der Waals surface area contributed by atoms with Gasteiger partial charge < -0.3 is 9.47 Å². The zero-order valence-electron chi connectivity index (χ0n) is 14.2. The standard InChI is InChI=1S/C19H16N2O4S/c1-24-13-9-7-12(8-10-13)11-14-17(22)20-19(26)21(18(14)23)15-5-3-4-6-16(15)25-2/h3-11H,1-2H3,(H,20,22,26)/b14-11+. The topological polar surface area (TPSA) is 67.9 Å². The van der Waals surface area contributed by atoms with Gasteiger partial charge in [0.05, 0.1) is 19.9 Å². The van der Waals surface area contributed by atoms with Crippen LogP contribution in [0.5, 0.6) is 11.5 Å². The number of carbonyl (C=O) groups excluding carboxylic acids is 2. The maximum atomic E-state index is 13.0. The van der Waals surface area contributed by atoms with Gasteiger partial charge in [0.1, 0.15) is 17.1 Å². The van der Waals surface area contributed by atoms with Gasteiger partial charge in [-0.15, -0.1) is 0 Å². The van der Waals surface area contributed by atoms with Gasteiger partial charge in [-0.3, -0.25) is 14.9 Å². The predicted molar refractivity (Wildman–Crippen MR) is 102 cm³/mol. The van der Waals surface area contributed by atoms with Crippen LogP contribution in [0.3, 0.4) is 0 Å². The molecule has 1 aliphatic rings. The lowest BCUT2D eigenvalue weighted by molar-refractivity contribution is -0.122. The highest BCUT2D eigenvalue weighted by atomic mass is 32.1. The maximum Gasteiger partial charge on any atom is 0.270 e. The van der Waals surface area contributed by atoms with Gasteiger partial charge in [-0.2, -0.15) is 0 Å². The average Bonchev–Trinajstić information content (AvgIpc) is 2.66. The number of hydrogen-bond donors (Lipinski definition) is 1. The van der Waals surface area contributed by atoms with Crippen LogP contribution >= 0.6 is 12.2 Å². The molecule has 1 aliphatic heterocycles. The average molecular weight is 368 g/mol. The molecule has 0 radical (unpaired) electrons. The third kappa shape index (κ3) is 3.29. The van der Waals surface area contributed by atoms with Crippen molar-refractivity contribution < 1.29 is 19.1 Å². The van der Waals surface area contributed by atoms with Crippen molar-refractivity contribution in [3.63, 3.8) is 0 Å². The summed E-state index contributed by atoms with van der Waals surface area (Å²) >= 11 is 5.20. The summed E-state index contributed by atoms with van der Waals surface area (Å²) in [6, 6.07) is 14.0. The van der Waals surface area contributed by atoms with E-state index in [0.29, 0.717) is 22.7 Å². The molecule has 7 heteroatoms. The van der Waals surface area contributed by atoms with Crippen molar-refractivity contribution >= 4 is 40.9 Å². The Bertz CT molecular complexity index is 906. The highest BCUT2D eigenvalue weighted by Gasteiger charge is 2.35. The monoisotopic (exact) mass is 368 g/mol. The molecule has 132 valence electrons.